The van der Waals surface area contributed by atoms with E-state index in [1.54, 1.807) is 5.38 Å². The molecule has 0 aliphatic heterocycles. The van der Waals surface area contributed by atoms with Gasteiger partial charge in [0.25, 0.3) is 0 Å². The molecule has 1 aromatic rings. The van der Waals surface area contributed by atoms with Crippen LogP contribution in [0.4, 0.5) is 0 Å². The molecule has 0 saturated carbocycles. The minimum Gasteiger partial charge on any atom is -0.743 e. The number of thiophene rings is 1. The summed E-state index contributed by atoms with van der Waals surface area (Å²) in [6.45, 7) is 0. The van der Waals surface area contributed by atoms with Crippen LogP contribution in [0, 0.1) is 0 Å². The van der Waals surface area contributed by atoms with Crippen LogP contribution < -0.4 is 29.6 Å². The smallest absolute Gasteiger partial charge is 0.743 e. The molecular formula is C4H5NaO4S2. The van der Waals surface area contributed by atoms with E-state index >= 15 is 0 Å². The van der Waals surface area contributed by atoms with Crippen molar-refractivity contribution in [1.82, 2.24) is 0 Å². The minimum absolute atomic E-state index is 0. The monoisotopic (exact) mass is 204 g/mol. The maximum atomic E-state index is 10.1. The molecule has 2 N–H and O–H groups in total. The first-order valence-corrected chi connectivity index (χ1v) is 4.39. The maximum Gasteiger partial charge on any atom is 1.00 e. The molecule has 58 valence electrons. The van der Waals surface area contributed by atoms with Gasteiger partial charge < -0.3 is 10.0 Å². The van der Waals surface area contributed by atoms with Crippen molar-refractivity contribution < 1.29 is 48.0 Å². The Morgan fingerprint density at radius 3 is 2.18 bits per heavy atom. The molecule has 1 rings (SSSR count). The molecular weight excluding hydrogens is 199 g/mol. The van der Waals surface area contributed by atoms with Gasteiger partial charge in [-0.2, -0.15) is 0 Å². The van der Waals surface area contributed by atoms with E-state index in [9.17, 15) is 13.0 Å². The normalized spacial score (nSPS) is 9.55. The van der Waals surface area contributed by atoms with Gasteiger partial charge >= 0.3 is 29.6 Å². The first-order chi connectivity index (χ1) is 4.11. The summed E-state index contributed by atoms with van der Waals surface area (Å²) in [5.41, 5.74) is 0. The summed E-state index contributed by atoms with van der Waals surface area (Å²) in [7, 11) is -4.19. The van der Waals surface area contributed by atoms with Crippen LogP contribution >= 0.6 is 11.3 Å². The first-order valence-electron chi connectivity index (χ1n) is 2.10. The fraction of sp³-hybridized carbons (Fsp3) is 0. The molecule has 7 heteroatoms. The molecule has 0 radical (unpaired) electrons. The van der Waals surface area contributed by atoms with Crippen molar-refractivity contribution in [3.63, 3.8) is 0 Å². The van der Waals surface area contributed by atoms with Gasteiger partial charge in [-0.05, 0) is 11.4 Å². The zero-order valence-electron chi connectivity index (χ0n) is 5.77. The van der Waals surface area contributed by atoms with Crippen molar-refractivity contribution in [2.75, 3.05) is 0 Å². The topological polar surface area (TPSA) is 88.7 Å². The zero-order chi connectivity index (χ0) is 6.91. The quantitative estimate of drug-likeness (QED) is 0.357. The van der Waals surface area contributed by atoms with E-state index in [1.165, 1.54) is 12.1 Å². The molecule has 0 spiro atoms. The van der Waals surface area contributed by atoms with E-state index in [-0.39, 0.29) is 39.2 Å². The van der Waals surface area contributed by atoms with E-state index in [2.05, 4.69) is 0 Å². The zero-order valence-corrected chi connectivity index (χ0v) is 9.41. The maximum absolute atomic E-state index is 10.1. The summed E-state index contributed by atoms with van der Waals surface area (Å²) >= 11 is 0.929. The fourth-order valence-corrected chi connectivity index (χ4v) is 1.74. The van der Waals surface area contributed by atoms with Crippen LogP contribution in [0.2, 0.25) is 0 Å². The van der Waals surface area contributed by atoms with Crippen molar-refractivity contribution in [2.24, 2.45) is 0 Å². The molecule has 0 fully saturated rings. The van der Waals surface area contributed by atoms with Crippen LogP contribution in [-0.4, -0.2) is 18.4 Å². The molecule has 4 nitrogen and oxygen atoms in total. The average molecular weight is 204 g/mol. The summed E-state index contributed by atoms with van der Waals surface area (Å²) in [5, 5.41) is 1.55. The Hall–Kier alpha value is 0.570. The predicted octanol–water partition coefficient (Wildman–Crippen LogP) is -3.17. The van der Waals surface area contributed by atoms with Crippen LogP contribution in [0.25, 0.3) is 0 Å². The molecule has 0 saturated heterocycles. The van der Waals surface area contributed by atoms with Gasteiger partial charge in [0.15, 0.2) is 0 Å². The molecule has 0 amide bonds. The van der Waals surface area contributed by atoms with Crippen LogP contribution in [0.5, 0.6) is 0 Å². The molecule has 0 aliphatic rings. The number of hydrogen-bond acceptors (Lipinski definition) is 4. The van der Waals surface area contributed by atoms with E-state index in [1.807, 2.05) is 0 Å². The van der Waals surface area contributed by atoms with Gasteiger partial charge in [0.2, 0.25) is 0 Å². The van der Waals surface area contributed by atoms with Gasteiger partial charge in [0.1, 0.15) is 14.3 Å². The molecule has 0 aromatic carbocycles. The Bertz CT molecular complexity index is 277. The van der Waals surface area contributed by atoms with Crippen molar-refractivity contribution in [2.45, 2.75) is 4.21 Å². The van der Waals surface area contributed by atoms with Gasteiger partial charge in [-0.25, -0.2) is 8.42 Å². The van der Waals surface area contributed by atoms with Crippen LogP contribution in [0.1, 0.15) is 0 Å². The van der Waals surface area contributed by atoms with Gasteiger partial charge in [-0.1, -0.05) is 6.07 Å². The second kappa shape index (κ2) is 5.26. The third-order valence-corrected chi connectivity index (χ3v) is 2.93. The Kier molecular flexibility index (Phi) is 6.75. The van der Waals surface area contributed by atoms with E-state index in [0.717, 1.165) is 11.3 Å². The standard InChI is InChI=1S/C4H4O3S2.Na.H2O/c5-9(6,7)4-2-1-3-8-4;;/h1-3H,(H,5,6,7);;1H2/q;+1;/p-1. The molecule has 1 heterocycles. The van der Waals surface area contributed by atoms with Crippen LogP contribution in [-0.2, 0) is 10.1 Å². The van der Waals surface area contributed by atoms with Crippen LogP contribution in [0.15, 0.2) is 21.7 Å². The second-order valence-corrected chi connectivity index (χ2v) is 3.94. The number of rotatable bonds is 1. The van der Waals surface area contributed by atoms with Gasteiger partial charge in [-0.15, -0.1) is 11.3 Å². The number of hydrogen-bond donors (Lipinski definition) is 0. The van der Waals surface area contributed by atoms with E-state index in [0.29, 0.717) is 0 Å². The summed E-state index contributed by atoms with van der Waals surface area (Å²) < 4.78 is 30.3. The van der Waals surface area contributed by atoms with Gasteiger partial charge in [-0.3, -0.25) is 0 Å². The summed E-state index contributed by atoms with van der Waals surface area (Å²) in [6, 6.07) is 2.81. The van der Waals surface area contributed by atoms with Crippen molar-refractivity contribution >= 4 is 21.5 Å². The summed E-state index contributed by atoms with van der Waals surface area (Å²) in [4.78, 5) is 0. The molecule has 0 aliphatic carbocycles. The van der Waals surface area contributed by atoms with Crippen molar-refractivity contribution in [1.29, 1.82) is 0 Å². The van der Waals surface area contributed by atoms with Crippen LogP contribution in [0.3, 0.4) is 0 Å². The van der Waals surface area contributed by atoms with E-state index < -0.39 is 10.1 Å². The largest absolute Gasteiger partial charge is 1.00 e. The molecule has 0 unspecified atom stereocenters. The summed E-state index contributed by atoms with van der Waals surface area (Å²) in [6.07, 6.45) is 0. The predicted molar refractivity (Wildman–Crippen MR) is 35.9 cm³/mol. The minimum atomic E-state index is -4.19. The fourth-order valence-electron chi connectivity index (χ4n) is 0.406. The van der Waals surface area contributed by atoms with Gasteiger partial charge in [0.05, 0.1) is 0 Å². The van der Waals surface area contributed by atoms with Gasteiger partial charge in [0, 0.05) is 0 Å². The second-order valence-electron chi connectivity index (χ2n) is 1.39. The molecule has 11 heavy (non-hydrogen) atoms. The average Bonchev–Trinajstić information content (AvgIpc) is 2.08. The third-order valence-electron chi connectivity index (χ3n) is 0.741. The molecule has 0 bridgehead atoms. The SMILES string of the molecule is O.O=S(=O)([O-])c1cccs1.[Na+]. The Morgan fingerprint density at radius 1 is 1.45 bits per heavy atom. The Labute approximate surface area is 90.6 Å². The van der Waals surface area contributed by atoms with Crippen molar-refractivity contribution in [3.05, 3.63) is 17.5 Å². The Morgan fingerprint density at radius 2 is 2.00 bits per heavy atom. The third kappa shape index (κ3) is 4.22. The summed E-state index contributed by atoms with van der Waals surface area (Å²) in [5.74, 6) is 0. The van der Waals surface area contributed by atoms with Crippen molar-refractivity contribution in [3.8, 4) is 0 Å². The Balaban J connectivity index is 0. The molecule has 0 atom stereocenters. The van der Waals surface area contributed by atoms with E-state index in [4.69, 9.17) is 0 Å². The first kappa shape index (κ1) is 14.1. The molecule has 1 aromatic heterocycles.